The number of hydrogen-bond donors (Lipinski definition) is 4. The Labute approximate surface area is 270 Å². The van der Waals surface area contributed by atoms with Crippen molar-refractivity contribution in [3.05, 3.63) is 105 Å². The number of nitrogens with zero attached hydrogens (tertiary/aromatic N) is 4. The third kappa shape index (κ3) is 7.22. The fourth-order valence-corrected chi connectivity index (χ4v) is 5.80. The van der Waals surface area contributed by atoms with Crippen LogP contribution >= 0.6 is 34.8 Å². The van der Waals surface area contributed by atoms with E-state index in [1.165, 1.54) is 24.4 Å². The van der Waals surface area contributed by atoms with Gasteiger partial charge in [-0.3, -0.25) is 4.98 Å². The summed E-state index contributed by atoms with van der Waals surface area (Å²) in [5, 5.41) is 25.4. The number of benzene rings is 3. The molecule has 0 aliphatic carbocycles. The summed E-state index contributed by atoms with van der Waals surface area (Å²) in [4.78, 5) is 6.84. The topological polar surface area (TPSA) is 112 Å². The van der Waals surface area contributed by atoms with Gasteiger partial charge in [0.25, 0.3) is 0 Å². The Bertz CT molecular complexity index is 1730. The molecule has 1 aliphatic heterocycles. The average Bonchev–Trinajstić information content (AvgIpc) is 3.03. The minimum absolute atomic E-state index is 0.0546. The zero-order valence-electron chi connectivity index (χ0n) is 23.8. The van der Waals surface area contributed by atoms with Crippen molar-refractivity contribution in [1.29, 1.82) is 10.8 Å². The van der Waals surface area contributed by atoms with Gasteiger partial charge >= 0.3 is 0 Å². The molecule has 0 spiro atoms. The number of hydrogen-bond acceptors (Lipinski definition) is 8. The van der Waals surface area contributed by atoms with E-state index >= 15 is 0 Å². The molecule has 4 N–H and O–H groups in total. The largest absolute Gasteiger partial charge is 0.386 e. The van der Waals surface area contributed by atoms with Crippen LogP contribution in [0.1, 0.15) is 36.9 Å². The summed E-state index contributed by atoms with van der Waals surface area (Å²) in [6, 6.07) is 17.0. The van der Waals surface area contributed by atoms with Gasteiger partial charge in [-0.25, -0.2) is 9.92 Å². The van der Waals surface area contributed by atoms with Gasteiger partial charge in [-0.05, 0) is 67.4 Å². The predicted octanol–water partition coefficient (Wildman–Crippen LogP) is 9.05. The standard InChI is InChI=1S/C32H30Cl3FN8/c1-2-44-11-9-22(10-12-44)39-18-29(43-38)31(19-3-5-21(33)6-4-19)42-24-13-25-30(41-23-7-8-28(36)26(34)14-23)20(16-37)17-40-32(25)27(35)15-24/h3-8,13-15,17-18,22,31,38-39,42H,2,9-12H2,1H3,(H,40,41)/b29-18-,43-38?/t31-/m1/s1. The molecule has 1 aromatic heterocycles. The van der Waals surface area contributed by atoms with Crippen LogP contribution in [0.3, 0.4) is 0 Å². The molecule has 2 heterocycles. The lowest BCUT2D eigenvalue weighted by Crippen LogP contribution is -2.40. The van der Waals surface area contributed by atoms with Crippen LogP contribution in [0.4, 0.5) is 21.5 Å². The van der Waals surface area contributed by atoms with Crippen molar-refractivity contribution in [2.75, 3.05) is 30.3 Å². The zero-order valence-corrected chi connectivity index (χ0v) is 26.1. The molecule has 44 heavy (non-hydrogen) atoms. The highest BCUT2D eigenvalue weighted by Gasteiger charge is 2.22. The number of piperidine rings is 1. The molecule has 0 radical (unpaired) electrons. The highest BCUT2D eigenvalue weighted by molar-refractivity contribution is 6.36. The number of nitriles is 1. The second-order valence-electron chi connectivity index (χ2n) is 10.5. The van der Waals surface area contributed by atoms with Crippen LogP contribution in [0.2, 0.25) is 15.1 Å². The zero-order chi connectivity index (χ0) is 31.2. The van der Waals surface area contributed by atoms with Gasteiger partial charge in [0, 0.05) is 53.3 Å². The molecule has 3 aromatic carbocycles. The van der Waals surface area contributed by atoms with Crippen LogP contribution in [-0.4, -0.2) is 35.6 Å². The van der Waals surface area contributed by atoms with Gasteiger partial charge in [0.1, 0.15) is 17.6 Å². The highest BCUT2D eigenvalue weighted by atomic mass is 35.5. The van der Waals surface area contributed by atoms with Crippen LogP contribution in [0.5, 0.6) is 0 Å². The van der Waals surface area contributed by atoms with E-state index in [0.29, 0.717) is 43.7 Å². The van der Waals surface area contributed by atoms with Gasteiger partial charge in [0.2, 0.25) is 0 Å². The quantitative estimate of drug-likeness (QED) is 0.127. The van der Waals surface area contributed by atoms with Gasteiger partial charge in [-0.1, -0.05) is 53.9 Å². The van der Waals surface area contributed by atoms with Crippen LogP contribution < -0.4 is 16.0 Å². The first-order valence-corrected chi connectivity index (χ1v) is 15.2. The van der Waals surface area contributed by atoms with E-state index in [9.17, 15) is 9.65 Å². The number of aromatic nitrogens is 1. The van der Waals surface area contributed by atoms with E-state index in [2.05, 4.69) is 43.9 Å². The number of fused-ring (bicyclic) bond motifs is 1. The Kier molecular flexibility index (Phi) is 10.2. The van der Waals surface area contributed by atoms with Gasteiger partial charge in [-0.2, -0.15) is 10.4 Å². The number of nitrogens with one attached hydrogen (secondary N) is 4. The molecule has 1 aliphatic rings. The van der Waals surface area contributed by atoms with Crippen molar-refractivity contribution in [2.24, 2.45) is 5.11 Å². The van der Waals surface area contributed by atoms with Crippen molar-refractivity contribution < 1.29 is 4.39 Å². The molecule has 1 fully saturated rings. The third-order valence-corrected chi connectivity index (χ3v) is 8.50. The summed E-state index contributed by atoms with van der Waals surface area (Å²) >= 11 is 18.9. The Morgan fingerprint density at radius 2 is 1.84 bits per heavy atom. The van der Waals surface area contributed by atoms with E-state index in [-0.39, 0.29) is 16.6 Å². The molecule has 12 heteroatoms. The van der Waals surface area contributed by atoms with E-state index in [1.54, 1.807) is 24.4 Å². The number of rotatable bonds is 10. The second kappa shape index (κ2) is 14.2. The van der Waals surface area contributed by atoms with E-state index in [0.717, 1.165) is 38.0 Å². The lowest BCUT2D eigenvalue weighted by atomic mass is 10.0. The molecule has 0 bridgehead atoms. The fraction of sp³-hybridized carbons (Fsp3) is 0.250. The van der Waals surface area contributed by atoms with E-state index in [4.69, 9.17) is 40.3 Å². The van der Waals surface area contributed by atoms with Gasteiger partial charge in [-0.15, -0.1) is 0 Å². The number of likely N-dealkylation sites (tertiary alicyclic amines) is 1. The normalized spacial score (nSPS) is 15.0. The van der Waals surface area contributed by atoms with Crippen LogP contribution in [0.25, 0.3) is 10.9 Å². The van der Waals surface area contributed by atoms with Crippen LogP contribution in [0.15, 0.2) is 77.8 Å². The molecule has 1 saturated heterocycles. The summed E-state index contributed by atoms with van der Waals surface area (Å²) in [7, 11) is 0. The molecule has 0 amide bonds. The highest BCUT2D eigenvalue weighted by Crippen LogP contribution is 2.37. The maximum atomic E-state index is 13.8. The molecular weight excluding hydrogens is 622 g/mol. The van der Waals surface area contributed by atoms with Crippen molar-refractivity contribution in [3.63, 3.8) is 0 Å². The van der Waals surface area contributed by atoms with Crippen molar-refractivity contribution in [1.82, 2.24) is 15.2 Å². The van der Waals surface area contributed by atoms with Crippen molar-refractivity contribution in [3.8, 4) is 6.07 Å². The summed E-state index contributed by atoms with van der Waals surface area (Å²) < 4.78 is 13.8. The van der Waals surface area contributed by atoms with E-state index in [1.807, 2.05) is 18.2 Å². The maximum Gasteiger partial charge on any atom is 0.141 e. The van der Waals surface area contributed by atoms with Crippen LogP contribution in [0, 0.1) is 22.7 Å². The van der Waals surface area contributed by atoms with E-state index < -0.39 is 11.9 Å². The van der Waals surface area contributed by atoms with Gasteiger partial charge < -0.3 is 20.9 Å². The van der Waals surface area contributed by atoms with Crippen molar-refractivity contribution in [2.45, 2.75) is 31.8 Å². The summed E-state index contributed by atoms with van der Waals surface area (Å²) in [5.41, 5.74) is 11.6. The summed E-state index contributed by atoms with van der Waals surface area (Å²) in [6.07, 6.45) is 5.23. The minimum Gasteiger partial charge on any atom is -0.386 e. The first-order chi connectivity index (χ1) is 21.3. The number of pyridine rings is 1. The molecule has 4 aromatic rings. The first kappa shape index (κ1) is 31.5. The summed E-state index contributed by atoms with van der Waals surface area (Å²) in [5.74, 6) is -0.551. The SMILES string of the molecule is CCN1CCC(N/C=C(\N=N)[C@H](Nc2cc(Cl)c3ncc(C#N)c(Nc4ccc(F)c(Cl)c4)c3c2)c2ccc(Cl)cc2)CC1. The summed E-state index contributed by atoms with van der Waals surface area (Å²) in [6.45, 7) is 5.24. The van der Waals surface area contributed by atoms with Crippen molar-refractivity contribution >= 4 is 62.8 Å². The Balaban J connectivity index is 1.52. The Morgan fingerprint density at radius 3 is 2.50 bits per heavy atom. The number of halogens is 4. The minimum atomic E-state index is -0.551. The Morgan fingerprint density at radius 1 is 1.11 bits per heavy atom. The van der Waals surface area contributed by atoms with Gasteiger partial charge in [0.05, 0.1) is 32.9 Å². The van der Waals surface area contributed by atoms with Gasteiger partial charge in [0.15, 0.2) is 0 Å². The average molecular weight is 652 g/mol. The number of anilines is 3. The molecule has 0 unspecified atom stereocenters. The Hall–Kier alpha value is -3.94. The van der Waals surface area contributed by atoms with Crippen LogP contribution in [-0.2, 0) is 0 Å². The lowest BCUT2D eigenvalue weighted by molar-refractivity contribution is 0.213. The fourth-order valence-electron chi connectivity index (χ4n) is 5.23. The predicted molar refractivity (Wildman–Crippen MR) is 175 cm³/mol. The first-order valence-electron chi connectivity index (χ1n) is 14.1. The molecule has 226 valence electrons. The molecule has 8 nitrogen and oxygen atoms in total. The molecule has 1 atom stereocenters. The third-order valence-electron chi connectivity index (χ3n) is 7.68. The smallest absolute Gasteiger partial charge is 0.141 e. The molecule has 0 saturated carbocycles. The second-order valence-corrected chi connectivity index (χ2v) is 11.7. The molecule has 5 rings (SSSR count). The molecular formula is C32H30Cl3FN8. The monoisotopic (exact) mass is 650 g/mol. The lowest BCUT2D eigenvalue weighted by Gasteiger charge is -2.31. The maximum absolute atomic E-state index is 13.8.